The number of rotatable bonds is 5. The Bertz CT molecular complexity index is 952. The first-order valence-electron chi connectivity index (χ1n) is 9.31. The monoisotopic (exact) mass is 399 g/mol. The second-order valence-electron chi connectivity index (χ2n) is 7.67. The van der Waals surface area contributed by atoms with Crippen molar-refractivity contribution in [3.8, 4) is 0 Å². The third-order valence-electron chi connectivity index (χ3n) is 5.85. The first-order chi connectivity index (χ1) is 13.8. The molecule has 3 aliphatic heterocycles. The minimum Gasteiger partial charge on any atom is -0.368 e. The number of fused-ring (bicyclic) bond motifs is 1. The maximum absolute atomic E-state index is 12.8. The summed E-state index contributed by atoms with van der Waals surface area (Å²) in [6.45, 7) is 1.39. The van der Waals surface area contributed by atoms with E-state index in [2.05, 4.69) is 10.6 Å². The van der Waals surface area contributed by atoms with Crippen LogP contribution in [0, 0.1) is 0 Å². The fourth-order valence-corrected chi connectivity index (χ4v) is 4.14. The topological polar surface area (TPSA) is 142 Å². The average Bonchev–Trinajstić information content (AvgIpc) is 2.88. The van der Waals surface area contributed by atoms with E-state index in [1.165, 1.54) is 0 Å². The Balaban J connectivity index is 1.50. The van der Waals surface area contributed by atoms with Gasteiger partial charge in [0.15, 0.2) is 0 Å². The molecule has 4 rings (SSSR count). The number of primary amides is 1. The molecule has 152 valence electrons. The largest absolute Gasteiger partial charge is 0.368 e. The highest BCUT2D eigenvalue weighted by Gasteiger charge is 2.47. The molecule has 10 heteroatoms. The average molecular weight is 399 g/mol. The number of piperidine rings is 1. The standard InChI is InChI=1S/C19H21N5O5/c1-21-19(18(20)29)8-23(9-19)7-10-2-3-11-12(6-10)17(28)24(16(11)27)13-4-5-14(25)22-15(13)26/h2-3,6,13,21H,4-5,7-9H2,1H3,(H2,20,29)(H,22,25,26). The first-order valence-corrected chi connectivity index (χ1v) is 9.31. The molecule has 0 bridgehead atoms. The lowest BCUT2D eigenvalue weighted by molar-refractivity contribution is -0.136. The quantitative estimate of drug-likeness (QED) is 0.504. The zero-order valence-electron chi connectivity index (χ0n) is 15.9. The Labute approximate surface area is 166 Å². The molecule has 0 saturated carbocycles. The molecule has 0 aliphatic carbocycles. The number of benzene rings is 1. The third-order valence-corrected chi connectivity index (χ3v) is 5.85. The Kier molecular flexibility index (Phi) is 4.47. The van der Waals surface area contributed by atoms with Gasteiger partial charge in [-0.25, -0.2) is 0 Å². The lowest BCUT2D eigenvalue weighted by atomic mass is 9.88. The van der Waals surface area contributed by atoms with Gasteiger partial charge >= 0.3 is 0 Å². The van der Waals surface area contributed by atoms with Crippen LogP contribution in [-0.4, -0.2) is 71.1 Å². The summed E-state index contributed by atoms with van der Waals surface area (Å²) < 4.78 is 0. The van der Waals surface area contributed by atoms with E-state index in [1.54, 1.807) is 25.2 Å². The summed E-state index contributed by atoms with van der Waals surface area (Å²) in [5, 5.41) is 5.13. The number of nitrogens with zero attached hydrogens (tertiary/aromatic N) is 2. The van der Waals surface area contributed by atoms with Gasteiger partial charge in [-0.3, -0.25) is 39.1 Å². The molecule has 5 amide bonds. The van der Waals surface area contributed by atoms with Gasteiger partial charge in [0.05, 0.1) is 11.1 Å². The number of hydrogen-bond acceptors (Lipinski definition) is 7. The van der Waals surface area contributed by atoms with Gasteiger partial charge in [-0.15, -0.1) is 0 Å². The van der Waals surface area contributed by atoms with Crippen LogP contribution in [0.1, 0.15) is 39.1 Å². The van der Waals surface area contributed by atoms with Crippen LogP contribution in [0.4, 0.5) is 0 Å². The fraction of sp³-hybridized carbons (Fsp3) is 0.421. The lowest BCUT2D eigenvalue weighted by Gasteiger charge is -2.47. The van der Waals surface area contributed by atoms with E-state index in [1.807, 2.05) is 4.90 Å². The van der Waals surface area contributed by atoms with Crippen molar-refractivity contribution in [1.29, 1.82) is 0 Å². The molecule has 3 heterocycles. The second-order valence-corrected chi connectivity index (χ2v) is 7.67. The molecule has 10 nitrogen and oxygen atoms in total. The first kappa shape index (κ1) is 19.2. The molecule has 1 aromatic carbocycles. The van der Waals surface area contributed by atoms with E-state index in [4.69, 9.17) is 5.73 Å². The molecule has 3 aliphatic rings. The predicted octanol–water partition coefficient (Wildman–Crippen LogP) is -1.65. The van der Waals surface area contributed by atoms with Crippen molar-refractivity contribution < 1.29 is 24.0 Å². The van der Waals surface area contributed by atoms with E-state index in [0.717, 1.165) is 10.5 Å². The molecule has 1 unspecified atom stereocenters. The van der Waals surface area contributed by atoms with E-state index in [9.17, 15) is 24.0 Å². The maximum Gasteiger partial charge on any atom is 0.262 e. The number of nitrogens with two attached hydrogens (primary N) is 1. The summed E-state index contributed by atoms with van der Waals surface area (Å²) >= 11 is 0. The normalized spacial score (nSPS) is 23.6. The van der Waals surface area contributed by atoms with Crippen LogP contribution in [0.25, 0.3) is 0 Å². The molecular weight excluding hydrogens is 378 g/mol. The lowest BCUT2D eigenvalue weighted by Crippen LogP contribution is -2.73. The highest BCUT2D eigenvalue weighted by Crippen LogP contribution is 2.29. The van der Waals surface area contributed by atoms with Crippen LogP contribution >= 0.6 is 0 Å². The van der Waals surface area contributed by atoms with E-state index < -0.39 is 41.1 Å². The van der Waals surface area contributed by atoms with Crippen LogP contribution in [0.2, 0.25) is 0 Å². The Morgan fingerprint density at radius 1 is 1.21 bits per heavy atom. The molecule has 0 spiro atoms. The molecule has 0 radical (unpaired) electrons. The van der Waals surface area contributed by atoms with Crippen molar-refractivity contribution in [2.24, 2.45) is 5.73 Å². The molecule has 0 aromatic heterocycles. The van der Waals surface area contributed by atoms with Crippen LogP contribution in [0.5, 0.6) is 0 Å². The van der Waals surface area contributed by atoms with Crippen molar-refractivity contribution in [1.82, 2.24) is 20.4 Å². The Morgan fingerprint density at radius 3 is 2.52 bits per heavy atom. The molecule has 1 aromatic rings. The van der Waals surface area contributed by atoms with Crippen LogP contribution in [0.15, 0.2) is 18.2 Å². The summed E-state index contributed by atoms with van der Waals surface area (Å²) in [7, 11) is 1.69. The highest BCUT2D eigenvalue weighted by atomic mass is 16.2. The van der Waals surface area contributed by atoms with Crippen molar-refractivity contribution in [2.75, 3.05) is 20.1 Å². The summed E-state index contributed by atoms with van der Waals surface area (Å²) in [5.74, 6) is -2.52. The zero-order chi connectivity index (χ0) is 20.9. The van der Waals surface area contributed by atoms with E-state index in [-0.39, 0.29) is 24.0 Å². The summed E-state index contributed by atoms with van der Waals surface area (Å²) in [6.07, 6.45) is 0.201. The van der Waals surface area contributed by atoms with Crippen molar-refractivity contribution in [3.63, 3.8) is 0 Å². The molecule has 2 fully saturated rings. The number of carbonyl (C=O) groups is 5. The van der Waals surface area contributed by atoms with Crippen molar-refractivity contribution >= 4 is 29.5 Å². The second kappa shape index (κ2) is 6.75. The Hall–Kier alpha value is -3.11. The summed E-state index contributed by atoms with van der Waals surface area (Å²) in [6, 6.07) is 3.99. The molecule has 4 N–H and O–H groups in total. The minimum absolute atomic E-state index is 0.0805. The van der Waals surface area contributed by atoms with Gasteiger partial charge in [-0.05, 0) is 31.2 Å². The van der Waals surface area contributed by atoms with Crippen LogP contribution in [-0.2, 0) is 20.9 Å². The number of imide groups is 2. The highest BCUT2D eigenvalue weighted by molar-refractivity contribution is 6.23. The van der Waals surface area contributed by atoms with Crippen molar-refractivity contribution in [2.45, 2.75) is 31.0 Å². The predicted molar refractivity (Wildman–Crippen MR) is 99.4 cm³/mol. The van der Waals surface area contributed by atoms with Gasteiger partial charge < -0.3 is 11.1 Å². The molecule has 29 heavy (non-hydrogen) atoms. The smallest absolute Gasteiger partial charge is 0.262 e. The van der Waals surface area contributed by atoms with Gasteiger partial charge in [-0.1, -0.05) is 6.07 Å². The maximum atomic E-state index is 12.8. The van der Waals surface area contributed by atoms with E-state index in [0.29, 0.717) is 19.6 Å². The summed E-state index contributed by atoms with van der Waals surface area (Å²) in [4.78, 5) is 63.5. The number of carbonyl (C=O) groups excluding carboxylic acids is 5. The number of hydrogen-bond donors (Lipinski definition) is 3. The van der Waals surface area contributed by atoms with Gasteiger partial charge in [0.25, 0.3) is 11.8 Å². The SMILES string of the molecule is CNC1(C(N)=O)CN(Cc2ccc3c(c2)C(=O)N(C2CCC(=O)NC2=O)C3=O)C1. The van der Waals surface area contributed by atoms with Gasteiger partial charge in [0.1, 0.15) is 11.6 Å². The summed E-state index contributed by atoms with van der Waals surface area (Å²) in [5.41, 5.74) is 5.99. The van der Waals surface area contributed by atoms with Crippen LogP contribution < -0.4 is 16.4 Å². The van der Waals surface area contributed by atoms with Crippen LogP contribution in [0.3, 0.4) is 0 Å². The van der Waals surface area contributed by atoms with Gasteiger partial charge in [-0.2, -0.15) is 0 Å². The zero-order valence-corrected chi connectivity index (χ0v) is 15.9. The fourth-order valence-electron chi connectivity index (χ4n) is 4.14. The third kappa shape index (κ3) is 3.00. The Morgan fingerprint density at radius 2 is 1.90 bits per heavy atom. The van der Waals surface area contributed by atoms with Crippen molar-refractivity contribution in [3.05, 3.63) is 34.9 Å². The molecule has 1 atom stereocenters. The number of nitrogens with one attached hydrogen (secondary N) is 2. The molecule has 2 saturated heterocycles. The minimum atomic E-state index is -0.981. The number of amides is 5. The number of likely N-dealkylation sites (N-methyl/N-ethyl adjacent to an activating group) is 1. The number of likely N-dealkylation sites (tertiary alicyclic amines) is 1. The van der Waals surface area contributed by atoms with E-state index >= 15 is 0 Å². The van der Waals surface area contributed by atoms with Gasteiger partial charge in [0.2, 0.25) is 17.7 Å². The van der Waals surface area contributed by atoms with Gasteiger partial charge in [0, 0.05) is 26.1 Å². The molecular formula is C19H21N5O5.